The van der Waals surface area contributed by atoms with Gasteiger partial charge in [0.05, 0.1) is 5.92 Å². The van der Waals surface area contributed by atoms with E-state index in [2.05, 4.69) is 0 Å². The van der Waals surface area contributed by atoms with Gasteiger partial charge in [-0.05, 0) is 31.1 Å². The first kappa shape index (κ1) is 25.7. The Morgan fingerprint density at radius 3 is 1.65 bits per heavy atom. The molecular weight excluding hydrogens is 351 g/mol. The van der Waals surface area contributed by atoms with Crippen molar-refractivity contribution in [3.63, 3.8) is 0 Å². The van der Waals surface area contributed by atoms with E-state index in [4.69, 9.17) is 0 Å². The summed E-state index contributed by atoms with van der Waals surface area (Å²) in [6.45, 7) is 7.17. The Bertz CT molecular complexity index is 501. The van der Waals surface area contributed by atoms with Gasteiger partial charge in [-0.1, -0.05) is 34.1 Å². The summed E-state index contributed by atoms with van der Waals surface area (Å²) < 4.78 is 30.4. The van der Waals surface area contributed by atoms with E-state index in [1.54, 1.807) is 13.8 Å². The van der Waals surface area contributed by atoms with Crippen molar-refractivity contribution in [2.24, 2.45) is 17.8 Å². The zero-order chi connectivity index (χ0) is 17.7. The Kier molecular flexibility index (Phi) is 11.7. The number of carbonyl (C=O) groups is 2. The fraction of sp³-hybridized carbons (Fsp3) is 0.857. The van der Waals surface area contributed by atoms with Gasteiger partial charge in [-0.25, -0.2) is 0 Å². The molecule has 0 aromatic heterocycles. The molecule has 0 saturated carbocycles. The van der Waals surface area contributed by atoms with Crippen molar-refractivity contribution < 1.29 is 32.8 Å². The molecule has 0 aromatic carbocycles. The maximum atomic E-state index is 11.8. The normalized spacial score (nSPS) is 15.8. The Morgan fingerprint density at radius 1 is 0.957 bits per heavy atom. The first-order chi connectivity index (χ1) is 9.86. The number of hydrogen-bond donors (Lipinski definition) is 3. The van der Waals surface area contributed by atoms with Crippen molar-refractivity contribution in [2.45, 2.75) is 58.1 Å². The fourth-order valence-corrected chi connectivity index (χ4v) is 3.58. The Morgan fingerprint density at radius 2 is 1.39 bits per heavy atom. The van der Waals surface area contributed by atoms with Crippen LogP contribution >= 0.6 is 0 Å². The molecule has 0 rings (SSSR count). The summed E-state index contributed by atoms with van der Waals surface area (Å²) in [4.78, 5) is 23.2. The molecule has 0 aromatic rings. The van der Waals surface area contributed by atoms with E-state index in [9.17, 15) is 32.8 Å². The summed E-state index contributed by atoms with van der Waals surface area (Å²) in [7, 11) is -5.09. The quantitative estimate of drug-likeness (QED) is 0.389. The number of carboxylic acid groups (broad SMARTS) is 2. The molecule has 23 heavy (non-hydrogen) atoms. The van der Waals surface area contributed by atoms with Crippen LogP contribution in [0.4, 0.5) is 0 Å². The predicted octanol–water partition coefficient (Wildman–Crippen LogP) is 1.62. The van der Waals surface area contributed by atoms with E-state index >= 15 is 0 Å². The molecule has 0 aliphatic heterocycles. The van der Waals surface area contributed by atoms with Crippen LogP contribution in [0.3, 0.4) is 0 Å². The molecule has 2 unspecified atom stereocenters. The van der Waals surface area contributed by atoms with Crippen LogP contribution in [0.5, 0.6) is 0 Å². The summed E-state index contributed by atoms with van der Waals surface area (Å²) in [6.07, 6.45) is -0.0359. The second-order valence-electron chi connectivity index (χ2n) is 6.46. The molecule has 0 heterocycles. The zero-order valence-electron chi connectivity index (χ0n) is 13.4. The van der Waals surface area contributed by atoms with Crippen LogP contribution in [-0.4, -0.2) is 91.3 Å². The second kappa shape index (κ2) is 10.5. The summed E-state index contributed by atoms with van der Waals surface area (Å²) in [5.41, 5.74) is 0. The van der Waals surface area contributed by atoms with E-state index in [1.807, 2.05) is 13.8 Å². The van der Waals surface area contributed by atoms with Gasteiger partial charge in [0, 0.05) is 0 Å². The van der Waals surface area contributed by atoms with Crippen molar-refractivity contribution in [2.75, 3.05) is 0 Å². The maximum absolute atomic E-state index is 11.8. The van der Waals surface area contributed by atoms with Gasteiger partial charge < -0.3 is 10.2 Å². The van der Waals surface area contributed by atoms with E-state index < -0.39 is 39.1 Å². The van der Waals surface area contributed by atoms with Crippen LogP contribution < -0.4 is 0 Å². The van der Waals surface area contributed by atoms with Gasteiger partial charge in [-0.2, -0.15) is 8.42 Å². The predicted molar refractivity (Wildman–Crippen MR) is 88.3 cm³/mol. The summed E-state index contributed by atoms with van der Waals surface area (Å²) in [5, 5.41) is 18.8. The molecule has 7 nitrogen and oxygen atoms in total. The Hall–Kier alpha value is 0.486. The summed E-state index contributed by atoms with van der Waals surface area (Å²) >= 11 is 0. The average molecular weight is 379 g/mol. The second-order valence-corrected chi connectivity index (χ2v) is 8.14. The zero-order valence-corrected chi connectivity index (χ0v) is 14.3. The van der Waals surface area contributed by atoms with Gasteiger partial charge in [-0.15, -0.1) is 0 Å². The van der Waals surface area contributed by atoms with Gasteiger partial charge in [0.15, 0.2) is 0 Å². The SMILES string of the molecule is CC(C)CCC(C(=O)O)C(CCC(C)C)(C(=O)O)S(=O)(=O)O.[KH]. The molecule has 0 amide bonds. The number of hydrogen-bond acceptors (Lipinski definition) is 4. The summed E-state index contributed by atoms with van der Waals surface area (Å²) in [5.74, 6) is -4.97. The monoisotopic (exact) mass is 378 g/mol. The van der Waals surface area contributed by atoms with Crippen molar-refractivity contribution in [3.05, 3.63) is 0 Å². The Labute approximate surface area is 180 Å². The van der Waals surface area contributed by atoms with Crippen LogP contribution in [0.15, 0.2) is 0 Å². The molecule has 0 spiro atoms. The van der Waals surface area contributed by atoms with Crippen molar-refractivity contribution >= 4 is 73.4 Å². The molecule has 0 bridgehead atoms. The third-order valence-electron chi connectivity index (χ3n) is 3.81. The molecular formula is C14H27KO7S. The molecule has 3 N–H and O–H groups in total. The molecule has 0 saturated heterocycles. The van der Waals surface area contributed by atoms with E-state index in [0.717, 1.165) is 0 Å². The standard InChI is InChI=1S/C14H26O7S.K.H/c1-9(2)5-6-11(12(15)16)14(13(17)18,22(19,20)21)8-7-10(3)4;;/h9-11H,5-8H2,1-4H3,(H,15,16)(H,17,18)(H,19,20,21);;. The van der Waals surface area contributed by atoms with Gasteiger partial charge in [0.1, 0.15) is 0 Å². The molecule has 2 atom stereocenters. The van der Waals surface area contributed by atoms with Crippen LogP contribution in [0.2, 0.25) is 0 Å². The molecule has 0 radical (unpaired) electrons. The third kappa shape index (κ3) is 7.09. The number of rotatable bonds is 10. The van der Waals surface area contributed by atoms with Gasteiger partial charge in [-0.3, -0.25) is 14.1 Å². The minimum absolute atomic E-state index is 0. The third-order valence-corrected chi connectivity index (χ3v) is 5.39. The van der Waals surface area contributed by atoms with Crippen molar-refractivity contribution in [1.29, 1.82) is 0 Å². The first-order valence-corrected chi connectivity index (χ1v) is 8.73. The number of carboxylic acids is 2. The topological polar surface area (TPSA) is 129 Å². The minimum atomic E-state index is -5.09. The molecule has 0 fully saturated rings. The van der Waals surface area contributed by atoms with E-state index in [-0.39, 0.29) is 76.1 Å². The van der Waals surface area contributed by atoms with Gasteiger partial charge >= 0.3 is 63.3 Å². The van der Waals surface area contributed by atoms with Gasteiger partial charge in [0.25, 0.3) is 10.1 Å². The molecule has 132 valence electrons. The first-order valence-electron chi connectivity index (χ1n) is 7.29. The molecule has 0 aliphatic carbocycles. The van der Waals surface area contributed by atoms with Crippen molar-refractivity contribution in [3.8, 4) is 0 Å². The summed E-state index contributed by atoms with van der Waals surface area (Å²) in [6, 6.07) is 0. The van der Waals surface area contributed by atoms with E-state index in [0.29, 0.717) is 6.42 Å². The fourth-order valence-electron chi connectivity index (χ4n) is 2.41. The van der Waals surface area contributed by atoms with Crippen molar-refractivity contribution in [1.82, 2.24) is 0 Å². The molecule has 9 heteroatoms. The van der Waals surface area contributed by atoms with Crippen LogP contribution in [0.25, 0.3) is 0 Å². The van der Waals surface area contributed by atoms with Gasteiger partial charge in [0.2, 0.25) is 4.75 Å². The van der Waals surface area contributed by atoms with E-state index in [1.165, 1.54) is 0 Å². The average Bonchev–Trinajstić information content (AvgIpc) is 2.29. The van der Waals surface area contributed by atoms with Crippen LogP contribution in [0.1, 0.15) is 53.4 Å². The molecule has 0 aliphatic rings. The van der Waals surface area contributed by atoms with Crippen LogP contribution in [0, 0.1) is 17.8 Å². The number of aliphatic carboxylic acids is 2. The Balaban J connectivity index is 0. The van der Waals surface area contributed by atoms with Crippen LogP contribution in [-0.2, 0) is 19.7 Å².